The second-order valence-electron chi connectivity index (χ2n) is 20.1. The highest BCUT2D eigenvalue weighted by molar-refractivity contribution is 5.85. The Hall–Kier alpha value is -8.13. The zero-order valence-corrected chi connectivity index (χ0v) is 44.6. The number of alkyl halides is 3. The summed E-state index contributed by atoms with van der Waals surface area (Å²) in [7, 11) is 0. The first-order valence-electron chi connectivity index (χ1n) is 26.4. The van der Waals surface area contributed by atoms with E-state index in [9.17, 15) is 30.7 Å². The summed E-state index contributed by atoms with van der Waals surface area (Å²) in [5, 5.41) is 23.7. The smallest absolute Gasteiger partial charge is 0.406 e. The van der Waals surface area contributed by atoms with Gasteiger partial charge in [-0.15, -0.1) is 13.2 Å². The summed E-state index contributed by atoms with van der Waals surface area (Å²) >= 11 is 0. The summed E-state index contributed by atoms with van der Waals surface area (Å²) in [6.07, 6.45) is 14.7. The van der Waals surface area contributed by atoms with Crippen molar-refractivity contribution in [3.8, 4) is 16.9 Å². The minimum Gasteiger partial charge on any atom is -0.406 e. The molecule has 2 fully saturated rings. The lowest BCUT2D eigenvalue weighted by Crippen LogP contribution is -2.16. The third-order valence-electron chi connectivity index (χ3n) is 13.8. The van der Waals surface area contributed by atoms with Gasteiger partial charge in [-0.1, -0.05) is 154 Å². The van der Waals surface area contributed by atoms with Crippen LogP contribution in [0.15, 0.2) is 182 Å². The average Bonchev–Trinajstić information content (AvgIpc) is 3.44. The van der Waals surface area contributed by atoms with Gasteiger partial charge >= 0.3 is 6.36 Å². The van der Waals surface area contributed by atoms with Gasteiger partial charge in [0.1, 0.15) is 11.6 Å². The first-order valence-corrected chi connectivity index (χ1v) is 26.4. The molecule has 0 radical (unpaired) electrons. The van der Waals surface area contributed by atoms with Crippen molar-refractivity contribution in [2.24, 2.45) is 42.4 Å². The number of hydrogen-bond acceptors (Lipinski definition) is 7. The SMILES string of the molecule is CC1CCC(c2ccc(/C=N\N=C/c3cc(F)c(F)c(F)c3)cc2)CC1.CC1CCC(c2ccc(/C=N\N=C/c3ccc(OC(F)(F)F)cc3)cc2)CC1.Cc1ccc(/C=N\N=C/c2ccc(-c3ccc(C)cc3F)cc2)cc1. The fraction of sp³-hybridized carbons (Fsp3) is 0.262. The van der Waals surface area contributed by atoms with Crippen LogP contribution in [0.2, 0.25) is 0 Å². The number of halogens is 7. The van der Waals surface area contributed by atoms with Gasteiger partial charge in [0.05, 0.1) is 37.3 Å². The quantitative estimate of drug-likeness (QED) is 0.0490. The number of aryl methyl sites for hydroxylation is 2. The summed E-state index contributed by atoms with van der Waals surface area (Å²) in [6.45, 7) is 8.56. The van der Waals surface area contributed by atoms with Gasteiger partial charge in [0.2, 0.25) is 0 Å². The van der Waals surface area contributed by atoms with Gasteiger partial charge in [0.15, 0.2) is 17.5 Å². The molecule has 0 aromatic heterocycles. The molecule has 408 valence electrons. The lowest BCUT2D eigenvalue weighted by Gasteiger charge is -2.26. The summed E-state index contributed by atoms with van der Waals surface area (Å²) < 4.78 is 93.3. The van der Waals surface area contributed by atoms with E-state index in [-0.39, 0.29) is 17.1 Å². The van der Waals surface area contributed by atoms with Crippen LogP contribution in [0.1, 0.15) is 133 Å². The van der Waals surface area contributed by atoms with Crippen LogP contribution in [0.5, 0.6) is 5.75 Å². The first-order chi connectivity index (χ1) is 38.0. The van der Waals surface area contributed by atoms with Crippen LogP contribution >= 0.6 is 0 Å². The fourth-order valence-electron chi connectivity index (χ4n) is 9.16. The number of rotatable bonds is 13. The Kier molecular flexibility index (Phi) is 21.5. The van der Waals surface area contributed by atoms with E-state index in [1.165, 1.54) is 105 Å². The Morgan fingerprint density at radius 2 is 0.734 bits per heavy atom. The number of hydrogen-bond donors (Lipinski definition) is 0. The molecule has 0 unspecified atom stereocenters. The molecule has 0 spiro atoms. The van der Waals surface area contributed by atoms with Gasteiger partial charge in [-0.3, -0.25) is 0 Å². The van der Waals surface area contributed by atoms with Crippen LogP contribution in [-0.2, 0) is 0 Å². The first kappa shape index (κ1) is 58.6. The van der Waals surface area contributed by atoms with Crippen molar-refractivity contribution < 1.29 is 35.5 Å². The predicted molar refractivity (Wildman–Crippen MR) is 306 cm³/mol. The second-order valence-corrected chi connectivity index (χ2v) is 20.1. The van der Waals surface area contributed by atoms with E-state index in [4.69, 9.17) is 0 Å². The summed E-state index contributed by atoms with van der Waals surface area (Å²) in [4.78, 5) is 0. The lowest BCUT2D eigenvalue weighted by molar-refractivity contribution is -0.274. The van der Waals surface area contributed by atoms with Crippen LogP contribution in [0, 0.1) is 49.0 Å². The normalized spacial score (nSPS) is 17.9. The van der Waals surface area contributed by atoms with Crippen molar-refractivity contribution in [1.29, 1.82) is 0 Å². The molecule has 14 heteroatoms. The molecule has 0 bridgehead atoms. The van der Waals surface area contributed by atoms with Gasteiger partial charge in [0, 0.05) is 11.1 Å². The van der Waals surface area contributed by atoms with Gasteiger partial charge in [0.25, 0.3) is 0 Å². The van der Waals surface area contributed by atoms with Crippen LogP contribution in [-0.4, -0.2) is 43.6 Å². The highest BCUT2D eigenvalue weighted by Gasteiger charge is 2.31. The molecule has 0 saturated heterocycles. The Morgan fingerprint density at radius 3 is 1.11 bits per heavy atom. The zero-order chi connectivity index (χ0) is 56.2. The third kappa shape index (κ3) is 19.4. The molecule has 7 nitrogen and oxygen atoms in total. The monoisotopic (exact) mass is 1080 g/mol. The van der Waals surface area contributed by atoms with Crippen molar-refractivity contribution in [3.05, 3.63) is 231 Å². The Bertz CT molecular complexity index is 3190. The molecule has 0 aliphatic heterocycles. The van der Waals surface area contributed by atoms with Crippen LogP contribution in [0.3, 0.4) is 0 Å². The Balaban J connectivity index is 0.000000172. The predicted octanol–water partition coefficient (Wildman–Crippen LogP) is 17.7. The standard InChI is InChI=1S/C22H23F3N2O.C22H19FN2.C21H21F3N2/c1-16-2-8-19(9-3-16)20-10-4-17(5-11-20)14-26-27-15-18-6-12-21(13-7-18)28-22(23,24)25;1-16-3-6-18(7-4-16)14-24-25-15-19-8-10-20(11-9-19)21-12-5-17(2)13-22(21)23;1-14-2-6-17(7-3-14)18-8-4-15(5-9-18)12-25-26-13-16-10-19(22)21(24)20(23)11-16/h4-7,10-16,19H,2-3,8-9H2,1H3;3-15H,1-2H3;4-5,8-14,17H,2-3,6-7H2,1H3/b26-14-,27-15-;24-14-,25-15-;25-12-,26-13-. The molecule has 2 aliphatic rings. The zero-order valence-electron chi connectivity index (χ0n) is 44.6. The molecule has 0 amide bonds. The molecular weight excluding hydrogens is 1010 g/mol. The van der Waals surface area contributed by atoms with Crippen molar-refractivity contribution >= 4 is 37.3 Å². The molecule has 7 aromatic carbocycles. The largest absolute Gasteiger partial charge is 0.573 e. The van der Waals surface area contributed by atoms with Crippen molar-refractivity contribution in [1.82, 2.24) is 0 Å². The van der Waals surface area contributed by atoms with E-state index in [2.05, 4.69) is 73.5 Å². The maximum atomic E-state index is 14.0. The lowest BCUT2D eigenvalue weighted by atomic mass is 9.79. The van der Waals surface area contributed by atoms with Crippen LogP contribution < -0.4 is 4.74 Å². The molecular formula is C65H63F7N6O. The van der Waals surface area contributed by atoms with E-state index in [1.54, 1.807) is 37.0 Å². The van der Waals surface area contributed by atoms with Crippen LogP contribution in [0.4, 0.5) is 30.7 Å². The van der Waals surface area contributed by atoms with Crippen LogP contribution in [0.25, 0.3) is 11.1 Å². The van der Waals surface area contributed by atoms with Crippen molar-refractivity contribution in [2.75, 3.05) is 0 Å². The number of nitrogens with zero attached hydrogens (tertiary/aromatic N) is 6. The van der Waals surface area contributed by atoms with E-state index in [0.717, 1.165) is 57.3 Å². The van der Waals surface area contributed by atoms with E-state index in [0.29, 0.717) is 23.0 Å². The molecule has 0 atom stereocenters. The van der Waals surface area contributed by atoms with E-state index >= 15 is 0 Å². The molecule has 7 aromatic rings. The van der Waals surface area contributed by atoms with E-state index < -0.39 is 23.8 Å². The number of ether oxygens (including phenoxy) is 1. The Labute approximate surface area is 458 Å². The third-order valence-corrected chi connectivity index (χ3v) is 13.8. The fourth-order valence-corrected chi connectivity index (χ4v) is 9.16. The van der Waals surface area contributed by atoms with Crippen molar-refractivity contribution in [3.63, 3.8) is 0 Å². The van der Waals surface area contributed by atoms with Gasteiger partial charge in [-0.25, -0.2) is 17.6 Å². The second kappa shape index (κ2) is 29.0. The molecule has 9 rings (SSSR count). The van der Waals surface area contributed by atoms with Gasteiger partial charge in [-0.05, 0) is 156 Å². The maximum absolute atomic E-state index is 14.0. The molecule has 0 heterocycles. The van der Waals surface area contributed by atoms with E-state index in [1.807, 2.05) is 92.7 Å². The topological polar surface area (TPSA) is 83.4 Å². The summed E-state index contributed by atoms with van der Waals surface area (Å²) in [6, 6.07) is 44.7. The number of benzene rings is 7. The molecule has 2 saturated carbocycles. The molecule has 0 N–H and O–H groups in total. The minimum atomic E-state index is -4.69. The summed E-state index contributed by atoms with van der Waals surface area (Å²) in [5.74, 6) is -1.48. The molecule has 2 aliphatic carbocycles. The average molecular weight is 1080 g/mol. The Morgan fingerprint density at radius 1 is 0.392 bits per heavy atom. The maximum Gasteiger partial charge on any atom is 0.573 e. The highest BCUT2D eigenvalue weighted by atomic mass is 19.4. The minimum absolute atomic E-state index is 0.112. The highest BCUT2D eigenvalue weighted by Crippen LogP contribution is 2.37. The van der Waals surface area contributed by atoms with Gasteiger partial charge < -0.3 is 4.74 Å². The summed E-state index contributed by atoms with van der Waals surface area (Å²) in [5.41, 5.74) is 10.8. The van der Waals surface area contributed by atoms with Gasteiger partial charge in [-0.2, -0.15) is 30.6 Å². The van der Waals surface area contributed by atoms with Crippen molar-refractivity contribution in [2.45, 2.75) is 97.3 Å². The molecule has 79 heavy (non-hydrogen) atoms.